The Labute approximate surface area is 104 Å². The molecular weight excluding hydrogens is 254 g/mol. The fourth-order valence-electron chi connectivity index (χ4n) is 1.01. The first-order valence-electron chi connectivity index (χ1n) is 4.32. The highest BCUT2D eigenvalue weighted by Gasteiger charge is 2.08. The van der Waals surface area contributed by atoms with Gasteiger partial charge in [-0.05, 0) is 19.1 Å². The summed E-state index contributed by atoms with van der Waals surface area (Å²) in [5.74, 6) is -0.104. The predicted molar refractivity (Wildman–Crippen MR) is 64.7 cm³/mol. The molecule has 1 rings (SSSR count). The van der Waals surface area contributed by atoms with Crippen molar-refractivity contribution in [3.63, 3.8) is 0 Å². The Morgan fingerprint density at radius 3 is 2.33 bits per heavy atom. The van der Waals surface area contributed by atoms with E-state index in [0.29, 0.717) is 27.3 Å². The first-order valence-corrected chi connectivity index (χ1v) is 5.46. The Bertz CT molecular complexity index is 375. The van der Waals surface area contributed by atoms with Crippen LogP contribution < -0.4 is 5.32 Å². The average Bonchev–Trinajstić information content (AvgIpc) is 2.15. The van der Waals surface area contributed by atoms with Crippen molar-refractivity contribution in [2.75, 3.05) is 11.9 Å². The number of nitriles is 1. The van der Waals surface area contributed by atoms with E-state index in [1.807, 2.05) is 6.92 Å². The van der Waals surface area contributed by atoms with Gasteiger partial charge in [-0.1, -0.05) is 34.8 Å². The van der Waals surface area contributed by atoms with E-state index in [1.54, 1.807) is 12.1 Å². The summed E-state index contributed by atoms with van der Waals surface area (Å²) in [6.07, 6.45) is 0. The number of benzene rings is 1. The molecule has 1 unspecified atom stereocenters. The molecule has 0 aliphatic heterocycles. The van der Waals surface area contributed by atoms with Crippen LogP contribution >= 0.6 is 34.8 Å². The van der Waals surface area contributed by atoms with Gasteiger partial charge in [-0.25, -0.2) is 0 Å². The number of rotatable bonds is 3. The molecule has 5 heteroatoms. The summed E-state index contributed by atoms with van der Waals surface area (Å²) in [5, 5.41) is 13.0. The van der Waals surface area contributed by atoms with Crippen LogP contribution in [0.3, 0.4) is 0 Å². The maximum Gasteiger partial charge on any atom is 0.0720 e. The van der Waals surface area contributed by atoms with Gasteiger partial charge in [0.1, 0.15) is 0 Å². The summed E-state index contributed by atoms with van der Waals surface area (Å²) < 4.78 is 0. The van der Waals surface area contributed by atoms with Crippen molar-refractivity contribution in [2.24, 2.45) is 5.92 Å². The molecule has 0 amide bonds. The number of hydrogen-bond acceptors (Lipinski definition) is 2. The number of nitrogens with one attached hydrogen (secondary N) is 1. The fourth-order valence-corrected chi connectivity index (χ4v) is 1.96. The van der Waals surface area contributed by atoms with Crippen molar-refractivity contribution in [3.05, 3.63) is 27.2 Å². The molecule has 1 N–H and O–H groups in total. The van der Waals surface area contributed by atoms with Crippen molar-refractivity contribution < 1.29 is 0 Å². The van der Waals surface area contributed by atoms with Gasteiger partial charge in [-0.2, -0.15) is 5.26 Å². The SMILES string of the molecule is CC(C#N)CNc1c(Cl)cc(Cl)cc1Cl. The minimum atomic E-state index is -0.104. The second kappa shape index (κ2) is 5.46. The molecule has 0 aliphatic rings. The van der Waals surface area contributed by atoms with Gasteiger partial charge in [0.05, 0.1) is 27.7 Å². The zero-order chi connectivity index (χ0) is 11.4. The molecule has 0 saturated heterocycles. The lowest BCUT2D eigenvalue weighted by Gasteiger charge is -2.11. The molecule has 0 radical (unpaired) electrons. The van der Waals surface area contributed by atoms with Crippen LogP contribution in [0.4, 0.5) is 5.69 Å². The topological polar surface area (TPSA) is 35.8 Å². The van der Waals surface area contributed by atoms with Crippen LogP contribution in [0, 0.1) is 17.2 Å². The van der Waals surface area contributed by atoms with Crippen LogP contribution in [-0.2, 0) is 0 Å². The van der Waals surface area contributed by atoms with Gasteiger partial charge in [-0.3, -0.25) is 0 Å². The first kappa shape index (κ1) is 12.4. The Balaban J connectivity index is 2.82. The van der Waals surface area contributed by atoms with Crippen molar-refractivity contribution >= 4 is 40.5 Å². The highest BCUT2D eigenvalue weighted by molar-refractivity contribution is 6.41. The third-order valence-electron chi connectivity index (χ3n) is 1.81. The van der Waals surface area contributed by atoms with E-state index in [1.165, 1.54) is 0 Å². The Kier molecular flexibility index (Phi) is 4.53. The molecule has 0 heterocycles. The van der Waals surface area contributed by atoms with Crippen molar-refractivity contribution in [2.45, 2.75) is 6.92 Å². The normalized spacial score (nSPS) is 11.9. The van der Waals surface area contributed by atoms with Crippen LogP contribution in [-0.4, -0.2) is 6.54 Å². The van der Waals surface area contributed by atoms with Gasteiger partial charge in [-0.15, -0.1) is 0 Å². The fraction of sp³-hybridized carbons (Fsp3) is 0.300. The molecule has 80 valence electrons. The van der Waals surface area contributed by atoms with E-state index in [0.717, 1.165) is 0 Å². The third kappa shape index (κ3) is 3.46. The van der Waals surface area contributed by atoms with Crippen LogP contribution in [0.1, 0.15) is 6.92 Å². The highest BCUT2D eigenvalue weighted by atomic mass is 35.5. The van der Waals surface area contributed by atoms with Crippen LogP contribution in [0.5, 0.6) is 0 Å². The molecule has 0 saturated carbocycles. The van der Waals surface area contributed by atoms with Gasteiger partial charge in [0.25, 0.3) is 0 Å². The van der Waals surface area contributed by atoms with Gasteiger partial charge < -0.3 is 5.32 Å². The molecule has 1 atom stereocenters. The summed E-state index contributed by atoms with van der Waals surface area (Å²) in [7, 11) is 0. The number of nitrogens with zero attached hydrogens (tertiary/aromatic N) is 1. The lowest BCUT2D eigenvalue weighted by molar-refractivity contribution is 0.786. The molecule has 1 aromatic carbocycles. The van der Waals surface area contributed by atoms with Crippen molar-refractivity contribution in [1.29, 1.82) is 5.26 Å². The highest BCUT2D eigenvalue weighted by Crippen LogP contribution is 2.33. The molecule has 0 fully saturated rings. The molecule has 0 aromatic heterocycles. The van der Waals surface area contributed by atoms with Crippen molar-refractivity contribution in [3.8, 4) is 6.07 Å². The second-order valence-corrected chi connectivity index (χ2v) is 4.41. The van der Waals surface area contributed by atoms with E-state index in [2.05, 4.69) is 11.4 Å². The molecule has 2 nitrogen and oxygen atoms in total. The molecule has 0 bridgehead atoms. The zero-order valence-electron chi connectivity index (χ0n) is 8.02. The summed E-state index contributed by atoms with van der Waals surface area (Å²) in [5.41, 5.74) is 0.616. The minimum Gasteiger partial charge on any atom is -0.381 e. The van der Waals surface area contributed by atoms with Crippen LogP contribution in [0.15, 0.2) is 12.1 Å². The molecule has 15 heavy (non-hydrogen) atoms. The zero-order valence-corrected chi connectivity index (χ0v) is 10.3. The Morgan fingerprint density at radius 2 is 1.87 bits per heavy atom. The lowest BCUT2D eigenvalue weighted by atomic mass is 10.2. The van der Waals surface area contributed by atoms with E-state index < -0.39 is 0 Å². The maximum absolute atomic E-state index is 8.62. The quantitative estimate of drug-likeness (QED) is 0.886. The number of anilines is 1. The van der Waals surface area contributed by atoms with E-state index in [-0.39, 0.29) is 5.92 Å². The van der Waals surface area contributed by atoms with E-state index in [4.69, 9.17) is 40.1 Å². The van der Waals surface area contributed by atoms with Crippen LogP contribution in [0.2, 0.25) is 15.1 Å². The monoisotopic (exact) mass is 262 g/mol. The molecule has 1 aromatic rings. The summed E-state index contributed by atoms with van der Waals surface area (Å²) in [6.45, 7) is 2.31. The average molecular weight is 264 g/mol. The van der Waals surface area contributed by atoms with E-state index >= 15 is 0 Å². The van der Waals surface area contributed by atoms with Gasteiger partial charge >= 0.3 is 0 Å². The standard InChI is InChI=1S/C10H9Cl3N2/c1-6(4-14)5-15-10-8(12)2-7(11)3-9(10)13/h2-3,6,15H,5H2,1H3. The number of halogens is 3. The van der Waals surface area contributed by atoms with Gasteiger partial charge in [0.2, 0.25) is 0 Å². The van der Waals surface area contributed by atoms with Gasteiger partial charge in [0.15, 0.2) is 0 Å². The Hall–Kier alpha value is -0.620. The van der Waals surface area contributed by atoms with Crippen LogP contribution in [0.25, 0.3) is 0 Å². The largest absolute Gasteiger partial charge is 0.381 e. The summed E-state index contributed by atoms with van der Waals surface area (Å²) in [6, 6.07) is 5.32. The van der Waals surface area contributed by atoms with Gasteiger partial charge in [0, 0.05) is 11.6 Å². The smallest absolute Gasteiger partial charge is 0.0720 e. The summed E-state index contributed by atoms with van der Waals surface area (Å²) >= 11 is 17.7. The minimum absolute atomic E-state index is 0.104. The first-order chi connectivity index (χ1) is 7.04. The third-order valence-corrected chi connectivity index (χ3v) is 2.63. The molecular formula is C10H9Cl3N2. The van der Waals surface area contributed by atoms with Crippen molar-refractivity contribution in [1.82, 2.24) is 0 Å². The van der Waals surface area contributed by atoms with E-state index in [9.17, 15) is 0 Å². The molecule has 0 aliphatic carbocycles. The maximum atomic E-state index is 8.62. The number of hydrogen-bond donors (Lipinski definition) is 1. The Morgan fingerprint density at radius 1 is 1.33 bits per heavy atom. The lowest BCUT2D eigenvalue weighted by Crippen LogP contribution is -2.09. The molecule has 0 spiro atoms. The predicted octanol–water partition coefficient (Wildman–Crippen LogP) is 4.22. The summed E-state index contributed by atoms with van der Waals surface area (Å²) in [4.78, 5) is 0. The second-order valence-electron chi connectivity index (χ2n) is 3.16.